The van der Waals surface area contributed by atoms with E-state index >= 15 is 0 Å². The van der Waals surface area contributed by atoms with Gasteiger partial charge in [0.15, 0.2) is 0 Å². The van der Waals surface area contributed by atoms with Crippen molar-refractivity contribution in [2.24, 2.45) is 0 Å². The molecule has 0 aromatic rings. The van der Waals surface area contributed by atoms with Gasteiger partial charge in [-0.3, -0.25) is 9.36 Å². The first-order chi connectivity index (χ1) is 25.0. The largest absolute Gasteiger partial charge is 0.756 e. The maximum atomic E-state index is 12.8. The highest BCUT2D eigenvalue weighted by molar-refractivity contribution is 7.45. The topological polar surface area (TPSA) is 108 Å². The summed E-state index contributed by atoms with van der Waals surface area (Å²) in [6.45, 7) is 4.59. The number of phosphoric acid groups is 1. The molecule has 306 valence electrons. The summed E-state index contributed by atoms with van der Waals surface area (Å²) >= 11 is 0. The number of aliphatic hydroxyl groups excluding tert-OH is 1. The molecule has 52 heavy (non-hydrogen) atoms. The Morgan fingerprint density at radius 2 is 1.08 bits per heavy atom. The van der Waals surface area contributed by atoms with Crippen molar-refractivity contribution in [2.45, 2.75) is 193 Å². The lowest BCUT2D eigenvalue weighted by Gasteiger charge is -2.29. The van der Waals surface area contributed by atoms with Gasteiger partial charge in [-0.25, -0.2) is 0 Å². The Balaban J connectivity index is 4.53. The van der Waals surface area contributed by atoms with Crippen LogP contribution in [0.5, 0.6) is 0 Å². The molecule has 8 nitrogen and oxygen atoms in total. The van der Waals surface area contributed by atoms with Gasteiger partial charge in [-0.15, -0.1) is 0 Å². The van der Waals surface area contributed by atoms with Crippen LogP contribution >= 0.6 is 7.82 Å². The number of phosphoric ester groups is 1. The Morgan fingerprint density at radius 3 is 1.58 bits per heavy atom. The molecule has 0 aromatic carbocycles. The molecular formula is C43H83N2O6P. The summed E-state index contributed by atoms with van der Waals surface area (Å²) in [7, 11) is 1.23. The molecule has 0 aromatic heterocycles. The average molecular weight is 755 g/mol. The van der Waals surface area contributed by atoms with Crippen LogP contribution in [0.4, 0.5) is 0 Å². The molecule has 2 N–H and O–H groups in total. The van der Waals surface area contributed by atoms with E-state index in [-0.39, 0.29) is 12.5 Å². The van der Waals surface area contributed by atoms with Crippen LogP contribution in [-0.4, -0.2) is 68.5 Å². The van der Waals surface area contributed by atoms with Crippen LogP contribution in [0.15, 0.2) is 36.5 Å². The van der Waals surface area contributed by atoms with Crippen LogP contribution in [0.2, 0.25) is 0 Å². The Labute approximate surface area is 321 Å². The van der Waals surface area contributed by atoms with Gasteiger partial charge in [-0.1, -0.05) is 153 Å². The van der Waals surface area contributed by atoms with Crippen molar-refractivity contribution < 1.29 is 32.9 Å². The zero-order chi connectivity index (χ0) is 38.6. The van der Waals surface area contributed by atoms with Crippen LogP contribution in [0, 0.1) is 0 Å². The lowest BCUT2D eigenvalue weighted by molar-refractivity contribution is -0.870. The third-order valence-corrected chi connectivity index (χ3v) is 10.3. The number of carbonyl (C=O) groups excluding carboxylic acids is 1. The molecule has 0 bridgehead atoms. The molecule has 3 atom stereocenters. The first kappa shape index (κ1) is 50.7. The molecule has 0 saturated heterocycles. The first-order valence-corrected chi connectivity index (χ1v) is 22.8. The summed E-state index contributed by atoms with van der Waals surface area (Å²) in [6, 6.07) is -0.904. The monoisotopic (exact) mass is 755 g/mol. The van der Waals surface area contributed by atoms with E-state index in [9.17, 15) is 19.4 Å². The standard InChI is InChI=1S/C43H83N2O6P/c1-6-8-10-12-14-16-18-20-21-22-23-25-26-28-30-32-34-36-42(46)41(40-51-52(48,49)50-39-38-45(3,4)5)44-43(47)37-35-33-31-29-27-24-19-17-15-13-11-9-7-2/h17,19,26,28,34,36,41-42,46H,6-16,18,20-25,27,29-33,35,37-40H2,1-5H3,(H-,44,47,48,49)/b19-17-,28-26+,36-34+. The second kappa shape index (κ2) is 35.4. The maximum Gasteiger partial charge on any atom is 0.268 e. The zero-order valence-corrected chi connectivity index (χ0v) is 35.4. The second-order valence-corrected chi connectivity index (χ2v) is 17.1. The predicted octanol–water partition coefficient (Wildman–Crippen LogP) is 10.9. The minimum atomic E-state index is -4.59. The number of unbranched alkanes of at least 4 members (excludes halogenated alkanes) is 21. The van der Waals surface area contributed by atoms with E-state index in [2.05, 4.69) is 43.5 Å². The summed E-state index contributed by atoms with van der Waals surface area (Å²) in [5, 5.41) is 13.7. The van der Waals surface area contributed by atoms with Crippen LogP contribution < -0.4 is 10.2 Å². The van der Waals surface area contributed by atoms with Crippen molar-refractivity contribution in [3.05, 3.63) is 36.5 Å². The summed E-state index contributed by atoms with van der Waals surface area (Å²) in [4.78, 5) is 25.2. The molecule has 0 spiro atoms. The number of nitrogens with zero attached hydrogens (tertiary/aromatic N) is 1. The first-order valence-electron chi connectivity index (χ1n) is 21.4. The molecular weight excluding hydrogens is 671 g/mol. The molecule has 3 unspecified atom stereocenters. The van der Waals surface area contributed by atoms with Gasteiger partial charge in [0.25, 0.3) is 7.82 Å². The van der Waals surface area contributed by atoms with Gasteiger partial charge in [0.2, 0.25) is 5.91 Å². The normalized spacial score (nSPS) is 14.8. The van der Waals surface area contributed by atoms with Gasteiger partial charge < -0.3 is 28.8 Å². The maximum absolute atomic E-state index is 12.8. The summed E-state index contributed by atoms with van der Waals surface area (Å²) in [5.41, 5.74) is 0. The van der Waals surface area contributed by atoms with Crippen LogP contribution in [0.3, 0.4) is 0 Å². The lowest BCUT2D eigenvalue weighted by atomic mass is 10.1. The van der Waals surface area contributed by atoms with E-state index < -0.39 is 26.6 Å². The minimum Gasteiger partial charge on any atom is -0.756 e. The van der Waals surface area contributed by atoms with Crippen molar-refractivity contribution in [3.63, 3.8) is 0 Å². The average Bonchev–Trinajstić information content (AvgIpc) is 3.09. The van der Waals surface area contributed by atoms with E-state index in [1.807, 2.05) is 27.2 Å². The van der Waals surface area contributed by atoms with Crippen LogP contribution in [-0.2, 0) is 18.4 Å². The number of allylic oxidation sites excluding steroid dienone is 5. The van der Waals surface area contributed by atoms with Crippen molar-refractivity contribution >= 4 is 13.7 Å². The number of aliphatic hydroxyl groups is 1. The number of hydrogen-bond donors (Lipinski definition) is 2. The van der Waals surface area contributed by atoms with Gasteiger partial charge in [-0.2, -0.15) is 0 Å². The highest BCUT2D eigenvalue weighted by Crippen LogP contribution is 2.38. The van der Waals surface area contributed by atoms with Gasteiger partial charge in [-0.05, 0) is 57.8 Å². The number of quaternary nitrogens is 1. The third-order valence-electron chi connectivity index (χ3n) is 9.32. The van der Waals surface area contributed by atoms with Gasteiger partial charge in [0.1, 0.15) is 13.2 Å². The summed E-state index contributed by atoms with van der Waals surface area (Å²) < 4.78 is 23.1. The van der Waals surface area contributed by atoms with Gasteiger partial charge >= 0.3 is 0 Å². The molecule has 0 saturated carbocycles. The number of nitrogens with one attached hydrogen (secondary N) is 1. The predicted molar refractivity (Wildman–Crippen MR) is 219 cm³/mol. The zero-order valence-electron chi connectivity index (χ0n) is 34.5. The number of amides is 1. The number of rotatable bonds is 38. The second-order valence-electron chi connectivity index (χ2n) is 15.7. The quantitative estimate of drug-likeness (QED) is 0.0281. The Kier molecular flexibility index (Phi) is 34.6. The van der Waals surface area contributed by atoms with E-state index in [1.54, 1.807) is 6.08 Å². The number of hydrogen-bond acceptors (Lipinski definition) is 6. The van der Waals surface area contributed by atoms with Gasteiger partial charge in [0.05, 0.1) is 39.9 Å². The minimum absolute atomic E-state index is 0.00807. The fraction of sp³-hybridized carbons (Fsp3) is 0.837. The van der Waals surface area contributed by atoms with Crippen molar-refractivity contribution in [3.8, 4) is 0 Å². The van der Waals surface area contributed by atoms with Crippen LogP contribution in [0.25, 0.3) is 0 Å². The molecule has 1 amide bonds. The number of likely N-dealkylation sites (N-methyl/N-ethyl adjacent to an activating group) is 1. The van der Waals surface area contributed by atoms with Crippen LogP contribution in [0.1, 0.15) is 181 Å². The molecule has 0 aliphatic rings. The fourth-order valence-electron chi connectivity index (χ4n) is 5.87. The Morgan fingerprint density at radius 1 is 0.654 bits per heavy atom. The van der Waals surface area contributed by atoms with E-state index in [1.165, 1.54) is 103 Å². The smallest absolute Gasteiger partial charge is 0.268 e. The van der Waals surface area contributed by atoms with E-state index in [0.29, 0.717) is 17.4 Å². The number of carbonyl (C=O) groups is 1. The molecule has 0 rings (SSSR count). The Bertz CT molecular complexity index is 948. The van der Waals surface area contributed by atoms with Gasteiger partial charge in [0, 0.05) is 6.42 Å². The highest BCUT2D eigenvalue weighted by atomic mass is 31.2. The SMILES string of the molecule is CCCCCC/C=C\CCCCCCCC(=O)NC(COP(=O)([O-])OCC[N+](C)(C)C)C(O)/C=C/CC/C=C/CCCCCCCCCCCCC. The molecule has 0 aliphatic carbocycles. The van der Waals surface area contributed by atoms with E-state index in [4.69, 9.17) is 9.05 Å². The third kappa shape index (κ3) is 37.1. The summed E-state index contributed by atoms with van der Waals surface area (Å²) in [6.07, 6.45) is 41.9. The summed E-state index contributed by atoms with van der Waals surface area (Å²) in [5.74, 6) is -0.218. The molecule has 0 heterocycles. The van der Waals surface area contributed by atoms with Crippen molar-refractivity contribution in [2.75, 3.05) is 40.9 Å². The molecule has 0 aliphatic heterocycles. The molecule has 0 radical (unpaired) electrons. The van der Waals surface area contributed by atoms with Crippen molar-refractivity contribution in [1.82, 2.24) is 5.32 Å². The fourth-order valence-corrected chi connectivity index (χ4v) is 6.59. The molecule has 0 fully saturated rings. The Hall–Kier alpha value is -1.28. The van der Waals surface area contributed by atoms with E-state index in [0.717, 1.165) is 57.8 Å². The van der Waals surface area contributed by atoms with Crippen molar-refractivity contribution in [1.29, 1.82) is 0 Å². The lowest BCUT2D eigenvalue weighted by Crippen LogP contribution is -2.45. The molecule has 9 heteroatoms. The highest BCUT2D eigenvalue weighted by Gasteiger charge is 2.23.